The Bertz CT molecular complexity index is 828. The zero-order valence-electron chi connectivity index (χ0n) is 13.2. The average Bonchev–Trinajstić information content (AvgIpc) is 2.53. The maximum absolute atomic E-state index is 13.0. The lowest BCUT2D eigenvalue weighted by Gasteiger charge is -2.21. The monoisotopic (exact) mass is 333 g/mol. The zero-order chi connectivity index (χ0) is 16.9. The van der Waals surface area contributed by atoms with E-state index in [9.17, 15) is 8.42 Å². The van der Waals surface area contributed by atoms with Gasteiger partial charge in [0.1, 0.15) is 4.90 Å². The summed E-state index contributed by atoms with van der Waals surface area (Å²) in [6.45, 7) is 2.50. The third kappa shape index (κ3) is 3.85. The minimum Gasteiger partial charge on any atom is -0.383 e. The third-order valence-electron chi connectivity index (χ3n) is 3.45. The van der Waals surface area contributed by atoms with Crippen LogP contribution >= 0.6 is 0 Å². The van der Waals surface area contributed by atoms with E-state index >= 15 is 0 Å². The maximum atomic E-state index is 13.0. The number of rotatable bonds is 7. The Morgan fingerprint density at radius 3 is 2.83 bits per heavy atom. The molecule has 1 heterocycles. The van der Waals surface area contributed by atoms with Crippen LogP contribution in [-0.4, -0.2) is 44.5 Å². The molecule has 122 valence electrons. The molecule has 23 heavy (non-hydrogen) atoms. The van der Waals surface area contributed by atoms with Gasteiger partial charge in [0.15, 0.2) is 0 Å². The van der Waals surface area contributed by atoms with Gasteiger partial charge in [0.05, 0.1) is 18.2 Å². The number of aromatic nitrogens is 1. The van der Waals surface area contributed by atoms with Crippen LogP contribution in [0.2, 0.25) is 0 Å². The molecule has 0 aliphatic carbocycles. The number of pyridine rings is 1. The van der Waals surface area contributed by atoms with Crippen molar-refractivity contribution in [3.05, 3.63) is 36.0 Å². The number of fused-ring (bicyclic) bond motifs is 1. The quantitative estimate of drug-likeness (QED) is 0.775. The first-order valence-electron chi connectivity index (χ1n) is 7.22. The van der Waals surface area contributed by atoms with Crippen molar-refractivity contribution in [1.29, 1.82) is 5.26 Å². The summed E-state index contributed by atoms with van der Waals surface area (Å²) in [6, 6.07) is 8.97. The first kappa shape index (κ1) is 17.3. The molecular weight excluding hydrogens is 314 g/mol. The predicted octanol–water partition coefficient (Wildman–Crippen LogP) is 2.09. The molecule has 0 saturated carbocycles. The Morgan fingerprint density at radius 2 is 2.13 bits per heavy atom. The van der Waals surface area contributed by atoms with Gasteiger partial charge in [-0.15, -0.1) is 0 Å². The van der Waals surface area contributed by atoms with Gasteiger partial charge < -0.3 is 4.74 Å². The van der Waals surface area contributed by atoms with Gasteiger partial charge in [-0.25, -0.2) is 8.42 Å². The normalized spacial score (nSPS) is 11.7. The van der Waals surface area contributed by atoms with Crippen LogP contribution in [0.1, 0.15) is 12.0 Å². The van der Waals surface area contributed by atoms with Gasteiger partial charge >= 0.3 is 0 Å². The summed E-state index contributed by atoms with van der Waals surface area (Å²) >= 11 is 0. The highest BCUT2D eigenvalue weighted by molar-refractivity contribution is 7.89. The van der Waals surface area contributed by atoms with Gasteiger partial charge in [-0.1, -0.05) is 12.1 Å². The summed E-state index contributed by atoms with van der Waals surface area (Å²) in [4.78, 5) is 4.44. The van der Waals surface area contributed by atoms with Gasteiger partial charge in [-0.3, -0.25) is 4.98 Å². The molecule has 0 saturated heterocycles. The second-order valence-electron chi connectivity index (χ2n) is 5.15. The van der Waals surface area contributed by atoms with Crippen molar-refractivity contribution in [3.8, 4) is 6.07 Å². The Hall–Kier alpha value is -2.01. The Kier molecular flexibility index (Phi) is 5.66. The number of hydrogen-bond acceptors (Lipinski definition) is 5. The van der Waals surface area contributed by atoms with E-state index in [1.807, 2.05) is 25.1 Å². The molecule has 0 atom stereocenters. The molecule has 0 aliphatic rings. The second-order valence-corrected chi connectivity index (χ2v) is 7.05. The highest BCUT2D eigenvalue weighted by Gasteiger charge is 2.26. The molecule has 0 bridgehead atoms. The number of hydrogen-bond donors (Lipinski definition) is 0. The highest BCUT2D eigenvalue weighted by atomic mass is 32.2. The molecule has 7 heteroatoms. The van der Waals surface area contributed by atoms with Crippen molar-refractivity contribution in [3.63, 3.8) is 0 Å². The number of sulfonamides is 1. The standard InChI is InChI=1S/C16H19N3O3S/c1-13-11-14-5-3-6-15(16(14)18-12-13)23(20,21)19(8-4-7-17)9-10-22-2/h3,5-6,11-12H,4,8-10H2,1-2H3. The van der Waals surface area contributed by atoms with Crippen LogP contribution in [-0.2, 0) is 14.8 Å². The molecule has 6 nitrogen and oxygen atoms in total. The van der Waals surface area contributed by atoms with E-state index in [1.165, 1.54) is 11.4 Å². The third-order valence-corrected chi connectivity index (χ3v) is 5.38. The topological polar surface area (TPSA) is 83.3 Å². The van der Waals surface area contributed by atoms with Gasteiger partial charge in [0, 0.05) is 38.2 Å². The van der Waals surface area contributed by atoms with E-state index in [1.54, 1.807) is 18.3 Å². The number of nitriles is 1. The lowest BCUT2D eigenvalue weighted by molar-refractivity contribution is 0.179. The lowest BCUT2D eigenvalue weighted by atomic mass is 10.2. The number of methoxy groups -OCH3 is 1. The minimum atomic E-state index is -3.75. The summed E-state index contributed by atoms with van der Waals surface area (Å²) < 4.78 is 32.2. The van der Waals surface area contributed by atoms with Crippen molar-refractivity contribution in [1.82, 2.24) is 9.29 Å². The summed E-state index contributed by atoms with van der Waals surface area (Å²) in [5.74, 6) is 0. The van der Waals surface area contributed by atoms with E-state index in [0.29, 0.717) is 5.52 Å². The van der Waals surface area contributed by atoms with E-state index in [-0.39, 0.29) is 31.0 Å². The summed E-state index contributed by atoms with van der Waals surface area (Å²) in [6.07, 6.45) is 1.77. The maximum Gasteiger partial charge on any atom is 0.245 e. The molecule has 0 aliphatic heterocycles. The lowest BCUT2D eigenvalue weighted by Crippen LogP contribution is -2.35. The summed E-state index contributed by atoms with van der Waals surface area (Å²) in [5.41, 5.74) is 1.41. The fourth-order valence-electron chi connectivity index (χ4n) is 2.31. The van der Waals surface area contributed by atoms with Crippen LogP contribution in [0.4, 0.5) is 0 Å². The molecular formula is C16H19N3O3S. The van der Waals surface area contributed by atoms with Crippen molar-refractivity contribution in [2.45, 2.75) is 18.2 Å². The number of ether oxygens (including phenoxy) is 1. The van der Waals surface area contributed by atoms with Gasteiger partial charge in [0.2, 0.25) is 10.0 Å². The molecule has 1 aromatic heterocycles. The largest absolute Gasteiger partial charge is 0.383 e. The molecule has 2 rings (SSSR count). The molecule has 2 aromatic rings. The van der Waals surface area contributed by atoms with Crippen LogP contribution in [0.5, 0.6) is 0 Å². The van der Waals surface area contributed by atoms with Gasteiger partial charge in [-0.05, 0) is 24.6 Å². The first-order chi connectivity index (χ1) is 11.0. The van der Waals surface area contributed by atoms with E-state index in [0.717, 1.165) is 10.9 Å². The zero-order valence-corrected chi connectivity index (χ0v) is 14.0. The molecule has 0 amide bonds. The highest BCUT2D eigenvalue weighted by Crippen LogP contribution is 2.24. The van der Waals surface area contributed by atoms with Crippen molar-refractivity contribution in [2.75, 3.05) is 26.8 Å². The van der Waals surface area contributed by atoms with Crippen LogP contribution in [0.3, 0.4) is 0 Å². The van der Waals surface area contributed by atoms with Crippen molar-refractivity contribution < 1.29 is 13.2 Å². The molecule has 1 aromatic carbocycles. The minimum absolute atomic E-state index is 0.125. The van der Waals surface area contributed by atoms with Crippen molar-refractivity contribution in [2.24, 2.45) is 0 Å². The Morgan fingerprint density at radius 1 is 1.35 bits per heavy atom. The number of nitrogens with zero attached hydrogens (tertiary/aromatic N) is 3. The SMILES string of the molecule is COCCN(CCC#N)S(=O)(=O)c1cccc2cc(C)cnc12. The molecule has 0 unspecified atom stereocenters. The smallest absolute Gasteiger partial charge is 0.245 e. The van der Waals surface area contributed by atoms with Crippen LogP contribution in [0, 0.1) is 18.3 Å². The van der Waals surface area contributed by atoms with Gasteiger partial charge in [0.25, 0.3) is 0 Å². The Labute approximate surface area is 136 Å². The first-order valence-corrected chi connectivity index (χ1v) is 8.66. The molecule has 0 N–H and O–H groups in total. The fraction of sp³-hybridized carbons (Fsp3) is 0.375. The number of aryl methyl sites for hydroxylation is 1. The van der Waals surface area contributed by atoms with Crippen LogP contribution < -0.4 is 0 Å². The molecule has 0 spiro atoms. The van der Waals surface area contributed by atoms with E-state index in [4.69, 9.17) is 10.00 Å². The Balaban J connectivity index is 2.50. The molecule has 0 fully saturated rings. The second kappa shape index (κ2) is 7.51. The molecule has 0 radical (unpaired) electrons. The van der Waals surface area contributed by atoms with Crippen LogP contribution in [0.25, 0.3) is 10.9 Å². The predicted molar refractivity (Wildman–Crippen MR) is 87.3 cm³/mol. The van der Waals surface area contributed by atoms with Gasteiger partial charge in [-0.2, -0.15) is 9.57 Å². The fourth-order valence-corrected chi connectivity index (χ4v) is 3.90. The number of benzene rings is 1. The average molecular weight is 333 g/mol. The van der Waals surface area contributed by atoms with Crippen LogP contribution in [0.15, 0.2) is 35.4 Å². The van der Waals surface area contributed by atoms with E-state index in [2.05, 4.69) is 4.98 Å². The number of para-hydroxylation sites is 1. The van der Waals surface area contributed by atoms with Crippen molar-refractivity contribution >= 4 is 20.9 Å². The summed E-state index contributed by atoms with van der Waals surface area (Å²) in [5, 5.41) is 9.54. The summed E-state index contributed by atoms with van der Waals surface area (Å²) in [7, 11) is -2.23. The van der Waals surface area contributed by atoms with E-state index < -0.39 is 10.0 Å².